The standard InChI is InChI=1S/C22H28N6O4S/c1-15-7-6-10-21(30)27(15)28-18(22(23)24)11-17(13-20(29)25-2)12-19(28)26-33(31,32)14-16-8-4-3-5-9-16/h3-10,17-19,26H,2,11-14H2,1H3,(H3,23,24). The summed E-state index contributed by atoms with van der Waals surface area (Å²) in [7, 11) is -3.85. The van der Waals surface area contributed by atoms with E-state index < -0.39 is 28.1 Å². The second-order valence-corrected chi connectivity index (χ2v) is 9.89. The van der Waals surface area contributed by atoms with Crippen molar-refractivity contribution in [1.82, 2.24) is 9.40 Å². The number of carbonyl (C=O) groups is 1. The van der Waals surface area contributed by atoms with Crippen LogP contribution in [0, 0.1) is 18.3 Å². The third kappa shape index (κ3) is 5.93. The predicted molar refractivity (Wildman–Crippen MR) is 127 cm³/mol. The van der Waals surface area contributed by atoms with Gasteiger partial charge in [0.2, 0.25) is 15.9 Å². The SMILES string of the molecule is C=NC(=O)CC1CC(NS(=O)(=O)Cc2ccccc2)N(n2c(C)cccc2=O)C(C(=N)N)C1. The molecule has 0 radical (unpaired) electrons. The molecule has 1 aromatic heterocycles. The monoisotopic (exact) mass is 472 g/mol. The summed E-state index contributed by atoms with van der Waals surface area (Å²) in [5.74, 6) is -1.23. The van der Waals surface area contributed by atoms with Crippen LogP contribution < -0.4 is 21.0 Å². The Balaban J connectivity index is 2.02. The van der Waals surface area contributed by atoms with Crippen molar-refractivity contribution in [2.24, 2.45) is 16.6 Å². The summed E-state index contributed by atoms with van der Waals surface area (Å²) >= 11 is 0. The van der Waals surface area contributed by atoms with E-state index in [2.05, 4.69) is 16.4 Å². The fraction of sp³-hybridized carbons (Fsp3) is 0.364. The maximum absolute atomic E-state index is 13.1. The zero-order valence-corrected chi connectivity index (χ0v) is 19.2. The summed E-state index contributed by atoms with van der Waals surface area (Å²) in [5, 5.41) is 9.65. The van der Waals surface area contributed by atoms with E-state index in [-0.39, 0.29) is 42.3 Å². The van der Waals surface area contributed by atoms with Gasteiger partial charge >= 0.3 is 0 Å². The number of amidine groups is 1. The number of nitrogens with one attached hydrogen (secondary N) is 2. The molecule has 4 N–H and O–H groups in total. The Morgan fingerprint density at radius 3 is 2.52 bits per heavy atom. The van der Waals surface area contributed by atoms with Crippen molar-refractivity contribution in [3.63, 3.8) is 0 Å². The average molecular weight is 473 g/mol. The molecule has 1 aromatic carbocycles. The maximum Gasteiger partial charge on any atom is 0.269 e. The van der Waals surface area contributed by atoms with Gasteiger partial charge in [-0.1, -0.05) is 36.4 Å². The van der Waals surface area contributed by atoms with E-state index in [1.807, 2.05) is 0 Å². The third-order valence-electron chi connectivity index (χ3n) is 5.62. The largest absolute Gasteiger partial charge is 0.386 e. The van der Waals surface area contributed by atoms with Crippen molar-refractivity contribution in [3.8, 4) is 0 Å². The van der Waals surface area contributed by atoms with Crippen LogP contribution in [0.3, 0.4) is 0 Å². The number of hydrogen-bond donors (Lipinski definition) is 3. The van der Waals surface area contributed by atoms with E-state index in [0.717, 1.165) is 0 Å². The van der Waals surface area contributed by atoms with Crippen molar-refractivity contribution in [2.45, 2.75) is 44.1 Å². The van der Waals surface area contributed by atoms with Gasteiger partial charge in [-0.15, -0.1) is 0 Å². The number of aryl methyl sites for hydroxylation is 1. The van der Waals surface area contributed by atoms with E-state index in [9.17, 15) is 18.0 Å². The molecule has 2 heterocycles. The van der Waals surface area contributed by atoms with Crippen LogP contribution in [0.25, 0.3) is 0 Å². The van der Waals surface area contributed by atoms with Crippen LogP contribution in [0.2, 0.25) is 0 Å². The highest BCUT2D eigenvalue weighted by Gasteiger charge is 2.40. The lowest BCUT2D eigenvalue weighted by Gasteiger charge is -2.46. The first kappa shape index (κ1) is 24.3. The van der Waals surface area contributed by atoms with Gasteiger partial charge in [0, 0.05) is 18.2 Å². The molecule has 3 rings (SSSR count). The van der Waals surface area contributed by atoms with E-state index in [4.69, 9.17) is 11.1 Å². The number of rotatable bonds is 8. The number of carbonyl (C=O) groups excluding carboxylic acids is 1. The Morgan fingerprint density at radius 1 is 1.21 bits per heavy atom. The normalized spacial score (nSPS) is 20.9. The number of aromatic nitrogens is 1. The highest BCUT2D eigenvalue weighted by Crippen LogP contribution is 2.29. The van der Waals surface area contributed by atoms with Crippen LogP contribution >= 0.6 is 0 Å². The molecule has 0 spiro atoms. The number of pyridine rings is 1. The second kappa shape index (κ2) is 10.1. The first-order valence-corrected chi connectivity index (χ1v) is 12.1. The number of nitrogens with two attached hydrogens (primary N) is 1. The van der Waals surface area contributed by atoms with E-state index in [1.54, 1.807) is 49.4 Å². The van der Waals surface area contributed by atoms with Gasteiger partial charge in [0.05, 0.1) is 5.75 Å². The highest BCUT2D eigenvalue weighted by atomic mass is 32.2. The van der Waals surface area contributed by atoms with Crippen molar-refractivity contribution in [3.05, 3.63) is 70.1 Å². The number of benzene rings is 1. The lowest BCUT2D eigenvalue weighted by Crippen LogP contribution is -2.67. The van der Waals surface area contributed by atoms with Gasteiger partial charge in [0.15, 0.2) is 0 Å². The zero-order chi connectivity index (χ0) is 24.2. The van der Waals surface area contributed by atoms with Gasteiger partial charge in [0.25, 0.3) is 5.56 Å². The summed E-state index contributed by atoms with van der Waals surface area (Å²) in [6.45, 7) is 4.97. The molecule has 3 unspecified atom stereocenters. The van der Waals surface area contributed by atoms with Crippen LogP contribution in [0.5, 0.6) is 0 Å². The first-order valence-electron chi connectivity index (χ1n) is 10.5. The topological polar surface area (TPSA) is 151 Å². The van der Waals surface area contributed by atoms with Crippen molar-refractivity contribution >= 4 is 28.5 Å². The number of nitrogens with zero attached hydrogens (tertiary/aromatic N) is 3. The lowest BCUT2D eigenvalue weighted by atomic mass is 9.87. The molecule has 1 aliphatic heterocycles. The van der Waals surface area contributed by atoms with Gasteiger partial charge in [-0.05, 0) is 44.0 Å². The Hall–Kier alpha value is -3.31. The summed E-state index contributed by atoms with van der Waals surface area (Å²) < 4.78 is 30.2. The van der Waals surface area contributed by atoms with Crippen LogP contribution in [0.1, 0.15) is 30.5 Å². The smallest absolute Gasteiger partial charge is 0.269 e. The molecule has 0 aliphatic carbocycles. The Labute approximate surface area is 192 Å². The first-order chi connectivity index (χ1) is 15.6. The minimum absolute atomic E-state index is 0.0424. The molecule has 10 nitrogen and oxygen atoms in total. The van der Waals surface area contributed by atoms with Crippen molar-refractivity contribution in [2.75, 3.05) is 5.01 Å². The number of hydrogen-bond acceptors (Lipinski definition) is 6. The zero-order valence-electron chi connectivity index (χ0n) is 18.3. The van der Waals surface area contributed by atoms with Crippen molar-refractivity contribution < 1.29 is 13.2 Å². The quantitative estimate of drug-likeness (QED) is 0.383. The highest BCUT2D eigenvalue weighted by molar-refractivity contribution is 7.88. The number of aliphatic imine (C=N–C) groups is 1. The van der Waals surface area contributed by atoms with E-state index in [0.29, 0.717) is 11.3 Å². The molecule has 0 saturated carbocycles. The molecule has 11 heteroatoms. The molecule has 1 aliphatic rings. The van der Waals surface area contributed by atoms with Gasteiger partial charge < -0.3 is 5.73 Å². The fourth-order valence-electron chi connectivity index (χ4n) is 4.21. The number of amides is 1. The molecule has 176 valence electrons. The summed E-state index contributed by atoms with van der Waals surface area (Å²) in [4.78, 5) is 28.1. The molecular formula is C22H28N6O4S. The molecular weight excluding hydrogens is 444 g/mol. The summed E-state index contributed by atoms with van der Waals surface area (Å²) in [6.07, 6.45) is -0.364. The van der Waals surface area contributed by atoms with E-state index >= 15 is 0 Å². The van der Waals surface area contributed by atoms with Gasteiger partial charge in [-0.3, -0.25) is 20.0 Å². The molecule has 0 bridgehead atoms. The fourth-order valence-corrected chi connectivity index (χ4v) is 5.55. The van der Waals surface area contributed by atoms with Crippen LogP contribution in [0.15, 0.2) is 58.3 Å². The summed E-state index contributed by atoms with van der Waals surface area (Å²) in [5.41, 5.74) is 6.68. The predicted octanol–water partition coefficient (Wildman–Crippen LogP) is 0.872. The van der Waals surface area contributed by atoms with E-state index in [1.165, 1.54) is 15.8 Å². The van der Waals surface area contributed by atoms with Gasteiger partial charge in [-0.25, -0.2) is 18.1 Å². The molecule has 1 amide bonds. The molecule has 33 heavy (non-hydrogen) atoms. The molecule has 3 atom stereocenters. The average Bonchev–Trinajstić information content (AvgIpc) is 2.74. The third-order valence-corrected chi connectivity index (χ3v) is 6.96. The van der Waals surface area contributed by atoms with Crippen molar-refractivity contribution in [1.29, 1.82) is 5.41 Å². The Bertz CT molecular complexity index is 1190. The number of sulfonamides is 1. The van der Waals surface area contributed by atoms with Crippen LogP contribution in [0.4, 0.5) is 0 Å². The molecule has 1 saturated heterocycles. The maximum atomic E-state index is 13.1. The summed E-state index contributed by atoms with van der Waals surface area (Å²) in [6, 6.07) is 12.6. The Morgan fingerprint density at radius 2 is 1.91 bits per heavy atom. The lowest BCUT2D eigenvalue weighted by molar-refractivity contribution is -0.118. The van der Waals surface area contributed by atoms with Gasteiger partial charge in [0.1, 0.15) is 18.0 Å². The Kier molecular flexibility index (Phi) is 7.44. The van der Waals surface area contributed by atoms with Gasteiger partial charge in [-0.2, -0.15) is 4.72 Å². The minimum atomic E-state index is -3.85. The molecule has 2 aromatic rings. The number of piperidine rings is 1. The molecule has 1 fully saturated rings. The van der Waals surface area contributed by atoms with Crippen LogP contribution in [-0.2, 0) is 20.6 Å². The minimum Gasteiger partial charge on any atom is -0.386 e. The van der Waals surface area contributed by atoms with Crippen LogP contribution in [-0.4, -0.2) is 43.8 Å². The second-order valence-electron chi connectivity index (χ2n) is 8.14.